The molecule has 0 spiro atoms. The Bertz CT molecular complexity index is 979. The Morgan fingerprint density at radius 3 is 2.85 bits per heavy atom. The first-order valence-electron chi connectivity index (χ1n) is 8.79. The fourth-order valence-corrected chi connectivity index (χ4v) is 3.43. The summed E-state index contributed by atoms with van der Waals surface area (Å²) in [4.78, 5) is 26.8. The molecule has 1 aliphatic rings. The highest BCUT2D eigenvalue weighted by Gasteiger charge is 2.37. The van der Waals surface area contributed by atoms with Crippen LogP contribution in [0.4, 0.5) is 11.5 Å². The number of nitrogens with one attached hydrogen (secondary N) is 2. The number of aromatic amines is 1. The number of aryl methyl sites for hydroxylation is 1. The van der Waals surface area contributed by atoms with Crippen LogP contribution in [-0.2, 0) is 16.0 Å². The fourth-order valence-electron chi connectivity index (χ4n) is 3.43. The van der Waals surface area contributed by atoms with E-state index in [1.54, 1.807) is 4.90 Å². The fraction of sp³-hybridized carbons (Fsp3) is 0.250. The van der Waals surface area contributed by atoms with Crippen molar-refractivity contribution < 1.29 is 9.59 Å². The lowest BCUT2D eigenvalue weighted by atomic mass is 10.1. The number of aromatic nitrogens is 2. The number of anilines is 2. The number of benzene rings is 2. The molecule has 2 aromatic carbocycles. The maximum Gasteiger partial charge on any atom is 0.229 e. The van der Waals surface area contributed by atoms with Gasteiger partial charge in [0.05, 0.1) is 11.4 Å². The van der Waals surface area contributed by atoms with Crippen molar-refractivity contribution in [3.63, 3.8) is 0 Å². The molecule has 1 unspecified atom stereocenters. The number of hydrogen-bond acceptors (Lipinski definition) is 3. The number of carbonyl (C=O) groups excluding carboxylic acids is 2. The van der Waals surface area contributed by atoms with Crippen molar-refractivity contribution in [2.45, 2.75) is 19.8 Å². The Labute approximate surface area is 151 Å². The van der Waals surface area contributed by atoms with Crippen LogP contribution in [0, 0.1) is 5.92 Å². The van der Waals surface area contributed by atoms with Crippen molar-refractivity contribution in [3.8, 4) is 0 Å². The molecule has 0 aliphatic carbocycles. The van der Waals surface area contributed by atoms with E-state index in [4.69, 9.17) is 0 Å². The SMILES string of the molecule is CCc1ccccc1NC(=O)C1CC(=O)N(c2n[nH]c3ccccc23)C1. The number of nitrogens with zero attached hydrogens (tertiary/aromatic N) is 2. The second-order valence-electron chi connectivity index (χ2n) is 6.50. The summed E-state index contributed by atoms with van der Waals surface area (Å²) in [5.41, 5.74) is 2.77. The lowest BCUT2D eigenvalue weighted by Crippen LogP contribution is -2.28. The van der Waals surface area contributed by atoms with Crippen molar-refractivity contribution in [3.05, 3.63) is 54.1 Å². The van der Waals surface area contributed by atoms with Crippen LogP contribution in [0.15, 0.2) is 48.5 Å². The lowest BCUT2D eigenvalue weighted by Gasteiger charge is -2.15. The number of para-hydroxylation sites is 2. The highest BCUT2D eigenvalue weighted by molar-refractivity contribution is 6.07. The Kier molecular flexibility index (Phi) is 4.16. The third kappa shape index (κ3) is 2.83. The molecular formula is C20H20N4O2. The Balaban J connectivity index is 1.53. The number of hydrogen-bond donors (Lipinski definition) is 2. The predicted molar refractivity (Wildman–Crippen MR) is 101 cm³/mol. The van der Waals surface area contributed by atoms with Crippen molar-refractivity contribution in [1.29, 1.82) is 0 Å². The minimum Gasteiger partial charge on any atom is -0.326 e. The van der Waals surface area contributed by atoms with Gasteiger partial charge in [-0.05, 0) is 30.2 Å². The maximum atomic E-state index is 12.7. The molecule has 1 fully saturated rings. The molecule has 0 bridgehead atoms. The van der Waals surface area contributed by atoms with Gasteiger partial charge in [0, 0.05) is 24.0 Å². The van der Waals surface area contributed by atoms with Gasteiger partial charge in [-0.1, -0.05) is 37.3 Å². The zero-order valence-corrected chi connectivity index (χ0v) is 14.5. The smallest absolute Gasteiger partial charge is 0.229 e. The number of fused-ring (bicyclic) bond motifs is 1. The Morgan fingerprint density at radius 2 is 2.00 bits per heavy atom. The molecule has 0 radical (unpaired) electrons. The zero-order chi connectivity index (χ0) is 18.1. The van der Waals surface area contributed by atoms with Gasteiger partial charge in [0.2, 0.25) is 11.8 Å². The monoisotopic (exact) mass is 348 g/mol. The molecule has 6 heteroatoms. The van der Waals surface area contributed by atoms with Crippen molar-refractivity contribution in [2.75, 3.05) is 16.8 Å². The van der Waals surface area contributed by atoms with Gasteiger partial charge < -0.3 is 5.32 Å². The first kappa shape index (κ1) is 16.3. The zero-order valence-electron chi connectivity index (χ0n) is 14.5. The van der Waals surface area contributed by atoms with Gasteiger partial charge in [0.25, 0.3) is 0 Å². The van der Waals surface area contributed by atoms with E-state index in [0.29, 0.717) is 12.4 Å². The van der Waals surface area contributed by atoms with Crippen molar-refractivity contribution >= 4 is 34.2 Å². The molecule has 1 atom stereocenters. The van der Waals surface area contributed by atoms with Crippen LogP contribution in [0.3, 0.4) is 0 Å². The summed E-state index contributed by atoms with van der Waals surface area (Å²) in [5, 5.41) is 11.1. The molecule has 1 aliphatic heterocycles. The van der Waals surface area contributed by atoms with E-state index in [1.165, 1.54) is 0 Å². The largest absolute Gasteiger partial charge is 0.326 e. The number of rotatable bonds is 4. The summed E-state index contributed by atoms with van der Waals surface area (Å²) < 4.78 is 0. The Morgan fingerprint density at radius 1 is 1.23 bits per heavy atom. The van der Waals surface area contributed by atoms with Crippen LogP contribution in [0.5, 0.6) is 0 Å². The van der Waals surface area contributed by atoms with E-state index in [2.05, 4.69) is 22.4 Å². The van der Waals surface area contributed by atoms with E-state index >= 15 is 0 Å². The molecule has 0 saturated carbocycles. The summed E-state index contributed by atoms with van der Waals surface area (Å²) in [6, 6.07) is 15.4. The van der Waals surface area contributed by atoms with Gasteiger partial charge in [-0.3, -0.25) is 19.6 Å². The molecule has 4 rings (SSSR count). The molecule has 2 N–H and O–H groups in total. The summed E-state index contributed by atoms with van der Waals surface area (Å²) in [6.07, 6.45) is 1.03. The summed E-state index contributed by atoms with van der Waals surface area (Å²) in [7, 11) is 0. The van der Waals surface area contributed by atoms with Crippen LogP contribution in [0.1, 0.15) is 18.9 Å². The van der Waals surface area contributed by atoms with Gasteiger partial charge in [0.1, 0.15) is 0 Å². The maximum absolute atomic E-state index is 12.7. The van der Waals surface area contributed by atoms with Gasteiger partial charge in [0.15, 0.2) is 5.82 Å². The highest BCUT2D eigenvalue weighted by atomic mass is 16.2. The predicted octanol–water partition coefficient (Wildman–Crippen LogP) is 3.12. The van der Waals surface area contributed by atoms with Crippen LogP contribution < -0.4 is 10.2 Å². The van der Waals surface area contributed by atoms with Crippen LogP contribution in [0.25, 0.3) is 10.9 Å². The van der Waals surface area contributed by atoms with Crippen molar-refractivity contribution in [1.82, 2.24) is 10.2 Å². The second kappa shape index (κ2) is 6.63. The second-order valence-corrected chi connectivity index (χ2v) is 6.50. The minimum atomic E-state index is -0.386. The van der Waals surface area contributed by atoms with Crippen LogP contribution in [-0.4, -0.2) is 28.6 Å². The third-order valence-electron chi connectivity index (χ3n) is 4.86. The first-order valence-corrected chi connectivity index (χ1v) is 8.79. The Hall–Kier alpha value is -3.15. The molecule has 2 heterocycles. The quantitative estimate of drug-likeness (QED) is 0.760. The number of amides is 2. The lowest BCUT2D eigenvalue weighted by molar-refractivity contribution is -0.122. The van der Waals surface area contributed by atoms with Crippen molar-refractivity contribution in [2.24, 2.45) is 5.92 Å². The molecule has 6 nitrogen and oxygen atoms in total. The molecule has 2 amide bonds. The van der Waals surface area contributed by atoms with Gasteiger partial charge in [-0.2, -0.15) is 5.10 Å². The topological polar surface area (TPSA) is 78.1 Å². The first-order chi connectivity index (χ1) is 12.7. The summed E-state index contributed by atoms with van der Waals surface area (Å²) >= 11 is 0. The summed E-state index contributed by atoms with van der Waals surface area (Å²) in [5.74, 6) is 0.00510. The van der Waals surface area contributed by atoms with E-state index in [0.717, 1.165) is 28.6 Å². The average molecular weight is 348 g/mol. The van der Waals surface area contributed by atoms with Crippen LogP contribution in [0.2, 0.25) is 0 Å². The standard InChI is InChI=1S/C20H20N4O2/c1-2-13-7-3-5-9-16(13)21-20(26)14-11-18(25)24(12-14)19-15-8-4-6-10-17(15)22-23-19/h3-10,14H,2,11-12H2,1H3,(H,21,26)(H,22,23). The highest BCUT2D eigenvalue weighted by Crippen LogP contribution is 2.30. The molecule has 3 aromatic rings. The van der Waals surface area contributed by atoms with Gasteiger partial charge in [-0.15, -0.1) is 0 Å². The van der Waals surface area contributed by atoms with Crippen LogP contribution >= 0.6 is 0 Å². The molecule has 1 saturated heterocycles. The normalized spacial score (nSPS) is 17.0. The average Bonchev–Trinajstić information content (AvgIpc) is 3.25. The molecular weight excluding hydrogens is 328 g/mol. The molecule has 26 heavy (non-hydrogen) atoms. The van der Waals surface area contributed by atoms with E-state index in [1.807, 2.05) is 48.5 Å². The minimum absolute atomic E-state index is 0.0776. The molecule has 1 aromatic heterocycles. The van der Waals surface area contributed by atoms with E-state index in [9.17, 15) is 9.59 Å². The van der Waals surface area contributed by atoms with Gasteiger partial charge >= 0.3 is 0 Å². The summed E-state index contributed by atoms with van der Waals surface area (Å²) in [6.45, 7) is 2.39. The van der Waals surface area contributed by atoms with E-state index < -0.39 is 0 Å². The van der Waals surface area contributed by atoms with Gasteiger partial charge in [-0.25, -0.2) is 0 Å². The third-order valence-corrected chi connectivity index (χ3v) is 4.86. The van der Waals surface area contributed by atoms with E-state index in [-0.39, 0.29) is 24.2 Å². The number of carbonyl (C=O) groups is 2. The number of H-pyrrole nitrogens is 1. The molecule has 132 valence electrons.